The minimum absolute atomic E-state index is 0.281. The van der Waals surface area contributed by atoms with E-state index in [1.54, 1.807) is 6.07 Å². The van der Waals surface area contributed by atoms with Crippen LogP contribution in [0.4, 0.5) is 0 Å². The molecule has 3 aromatic heterocycles. The van der Waals surface area contributed by atoms with Crippen molar-refractivity contribution in [1.82, 2.24) is 30.6 Å². The number of para-hydroxylation sites is 1. The number of pyridine rings is 2. The van der Waals surface area contributed by atoms with Gasteiger partial charge in [0.1, 0.15) is 24.7 Å². The highest BCUT2D eigenvalue weighted by atomic mass is 16.5. The maximum atomic E-state index is 12.6. The summed E-state index contributed by atoms with van der Waals surface area (Å²) in [6, 6.07) is 25.4. The van der Waals surface area contributed by atoms with Crippen LogP contribution in [-0.4, -0.2) is 30.6 Å². The second kappa shape index (κ2) is 9.54. The Kier molecular flexibility index (Phi) is 5.78. The predicted octanol–water partition coefficient (Wildman–Crippen LogP) is 4.72. The van der Waals surface area contributed by atoms with E-state index >= 15 is 0 Å². The summed E-state index contributed by atoms with van der Waals surface area (Å²) in [7, 11) is 0. The SMILES string of the molecule is Cc1ccc(OCc2cccc(OCc3ccc4ccccc4n3)c2)c2cc(-c3nnn[nH]3)c(=O)[nH]c12. The lowest BCUT2D eigenvalue weighted by Gasteiger charge is -2.13. The number of nitrogens with one attached hydrogen (secondary N) is 2. The summed E-state index contributed by atoms with van der Waals surface area (Å²) < 4.78 is 12.2. The first kappa shape index (κ1) is 22.4. The van der Waals surface area contributed by atoms with Crippen LogP contribution in [0.5, 0.6) is 11.5 Å². The molecule has 3 heterocycles. The molecule has 3 aromatic carbocycles. The lowest BCUT2D eigenvalue weighted by Crippen LogP contribution is -2.11. The van der Waals surface area contributed by atoms with Crippen LogP contribution >= 0.6 is 0 Å². The number of aromatic amines is 2. The summed E-state index contributed by atoms with van der Waals surface area (Å²) in [5.41, 5.74) is 4.45. The Hall–Kier alpha value is -5.05. The van der Waals surface area contributed by atoms with Crippen LogP contribution < -0.4 is 15.0 Å². The van der Waals surface area contributed by atoms with Gasteiger partial charge in [-0.1, -0.05) is 42.5 Å². The number of aromatic nitrogens is 6. The van der Waals surface area contributed by atoms with Crippen molar-refractivity contribution in [1.29, 1.82) is 0 Å². The Morgan fingerprint density at radius 2 is 1.81 bits per heavy atom. The van der Waals surface area contributed by atoms with Gasteiger partial charge in [-0.3, -0.25) is 4.79 Å². The fraction of sp³-hybridized carbons (Fsp3) is 0.107. The number of hydrogen-bond acceptors (Lipinski definition) is 7. The number of tetrazole rings is 1. The molecule has 0 atom stereocenters. The molecule has 9 heteroatoms. The molecule has 0 saturated carbocycles. The molecule has 0 fully saturated rings. The molecule has 182 valence electrons. The molecule has 37 heavy (non-hydrogen) atoms. The summed E-state index contributed by atoms with van der Waals surface area (Å²) in [4.78, 5) is 20.2. The Morgan fingerprint density at radius 3 is 2.70 bits per heavy atom. The minimum atomic E-state index is -0.281. The van der Waals surface area contributed by atoms with E-state index < -0.39 is 0 Å². The third-order valence-electron chi connectivity index (χ3n) is 6.12. The van der Waals surface area contributed by atoms with E-state index in [-0.39, 0.29) is 5.56 Å². The maximum absolute atomic E-state index is 12.6. The fourth-order valence-corrected chi connectivity index (χ4v) is 4.22. The van der Waals surface area contributed by atoms with Crippen molar-refractivity contribution >= 4 is 21.8 Å². The van der Waals surface area contributed by atoms with Gasteiger partial charge in [-0.05, 0) is 64.9 Å². The quantitative estimate of drug-likeness (QED) is 0.332. The Morgan fingerprint density at radius 1 is 0.892 bits per heavy atom. The Labute approximate surface area is 211 Å². The van der Waals surface area contributed by atoms with E-state index in [1.165, 1.54) is 0 Å². The fourth-order valence-electron chi connectivity index (χ4n) is 4.22. The lowest BCUT2D eigenvalue weighted by atomic mass is 10.1. The molecule has 9 nitrogen and oxygen atoms in total. The Bertz CT molecular complexity index is 1780. The number of rotatable bonds is 7. The third kappa shape index (κ3) is 4.62. The maximum Gasteiger partial charge on any atom is 0.259 e. The molecule has 0 amide bonds. The van der Waals surface area contributed by atoms with Crippen molar-refractivity contribution < 1.29 is 9.47 Å². The summed E-state index contributed by atoms with van der Waals surface area (Å²) in [5, 5.41) is 15.5. The average molecular weight is 491 g/mol. The number of aryl methyl sites for hydroxylation is 1. The van der Waals surface area contributed by atoms with Crippen molar-refractivity contribution in [3.8, 4) is 22.9 Å². The van der Waals surface area contributed by atoms with Gasteiger partial charge in [-0.2, -0.15) is 0 Å². The van der Waals surface area contributed by atoms with E-state index in [0.29, 0.717) is 35.9 Å². The standard InChI is InChI=1S/C28H22N6O3/c1-17-9-12-25(22-14-23(27-31-33-34-32-27)28(35)30-26(17)22)37-15-18-5-4-7-21(13-18)36-16-20-11-10-19-6-2-3-8-24(19)29-20/h2-14H,15-16H2,1H3,(H,30,35)(H,31,32,33,34). The molecule has 0 radical (unpaired) electrons. The molecular weight excluding hydrogens is 468 g/mol. The van der Waals surface area contributed by atoms with Gasteiger partial charge < -0.3 is 14.5 Å². The molecule has 0 saturated heterocycles. The van der Waals surface area contributed by atoms with E-state index in [0.717, 1.165) is 38.9 Å². The van der Waals surface area contributed by atoms with E-state index in [1.807, 2.05) is 73.7 Å². The van der Waals surface area contributed by atoms with Crippen molar-refractivity contribution in [3.05, 3.63) is 106 Å². The number of ether oxygens (including phenoxy) is 2. The first-order valence-corrected chi connectivity index (χ1v) is 11.7. The predicted molar refractivity (Wildman–Crippen MR) is 139 cm³/mol. The highest BCUT2D eigenvalue weighted by molar-refractivity contribution is 5.90. The van der Waals surface area contributed by atoms with Gasteiger partial charge in [0.05, 0.1) is 22.3 Å². The summed E-state index contributed by atoms with van der Waals surface area (Å²) >= 11 is 0. The normalized spacial score (nSPS) is 11.2. The first-order chi connectivity index (χ1) is 18.1. The molecule has 0 spiro atoms. The molecular formula is C28H22N6O3. The number of H-pyrrole nitrogens is 2. The van der Waals surface area contributed by atoms with E-state index in [9.17, 15) is 4.79 Å². The van der Waals surface area contributed by atoms with Crippen molar-refractivity contribution in [2.45, 2.75) is 20.1 Å². The van der Waals surface area contributed by atoms with E-state index in [4.69, 9.17) is 9.47 Å². The van der Waals surface area contributed by atoms with Crippen LogP contribution in [0, 0.1) is 6.92 Å². The number of nitrogens with zero attached hydrogens (tertiary/aromatic N) is 4. The zero-order chi connectivity index (χ0) is 25.2. The zero-order valence-corrected chi connectivity index (χ0v) is 19.9. The van der Waals surface area contributed by atoms with Gasteiger partial charge >= 0.3 is 0 Å². The third-order valence-corrected chi connectivity index (χ3v) is 6.12. The largest absolute Gasteiger partial charge is 0.488 e. The van der Waals surface area contributed by atoms with Crippen LogP contribution in [0.1, 0.15) is 16.8 Å². The van der Waals surface area contributed by atoms with Crippen LogP contribution in [0.25, 0.3) is 33.2 Å². The highest BCUT2D eigenvalue weighted by Gasteiger charge is 2.13. The molecule has 2 N–H and O–H groups in total. The molecule has 0 unspecified atom stereocenters. The summed E-state index contributed by atoms with van der Waals surface area (Å²) in [6.07, 6.45) is 0. The lowest BCUT2D eigenvalue weighted by molar-refractivity contribution is 0.294. The minimum Gasteiger partial charge on any atom is -0.488 e. The molecule has 0 aliphatic carbocycles. The van der Waals surface area contributed by atoms with Gasteiger partial charge in [0.25, 0.3) is 5.56 Å². The molecule has 6 aromatic rings. The molecule has 0 aliphatic heterocycles. The van der Waals surface area contributed by atoms with Gasteiger partial charge in [-0.25, -0.2) is 10.1 Å². The summed E-state index contributed by atoms with van der Waals surface area (Å²) in [5.74, 6) is 1.66. The van der Waals surface area contributed by atoms with Gasteiger partial charge in [0.2, 0.25) is 0 Å². The topological polar surface area (TPSA) is 119 Å². The average Bonchev–Trinajstić information content (AvgIpc) is 3.46. The van der Waals surface area contributed by atoms with Crippen molar-refractivity contribution in [3.63, 3.8) is 0 Å². The summed E-state index contributed by atoms with van der Waals surface area (Å²) in [6.45, 7) is 2.62. The van der Waals surface area contributed by atoms with Crippen LogP contribution in [0.15, 0.2) is 83.7 Å². The smallest absolute Gasteiger partial charge is 0.259 e. The first-order valence-electron chi connectivity index (χ1n) is 11.7. The van der Waals surface area contributed by atoms with Crippen LogP contribution in [-0.2, 0) is 13.2 Å². The molecule has 6 rings (SSSR count). The number of benzene rings is 3. The van der Waals surface area contributed by atoms with Gasteiger partial charge in [0, 0.05) is 10.8 Å². The van der Waals surface area contributed by atoms with E-state index in [2.05, 4.69) is 36.7 Å². The highest BCUT2D eigenvalue weighted by Crippen LogP contribution is 2.29. The van der Waals surface area contributed by atoms with Crippen molar-refractivity contribution in [2.75, 3.05) is 0 Å². The molecule has 0 aliphatic rings. The second-order valence-corrected chi connectivity index (χ2v) is 8.65. The second-order valence-electron chi connectivity index (χ2n) is 8.65. The number of fused-ring (bicyclic) bond motifs is 2. The number of hydrogen-bond donors (Lipinski definition) is 2. The van der Waals surface area contributed by atoms with Crippen LogP contribution in [0.3, 0.4) is 0 Å². The molecule has 0 bridgehead atoms. The zero-order valence-electron chi connectivity index (χ0n) is 19.9. The van der Waals surface area contributed by atoms with Gasteiger partial charge in [-0.15, -0.1) is 5.10 Å². The van der Waals surface area contributed by atoms with Crippen LogP contribution in [0.2, 0.25) is 0 Å². The van der Waals surface area contributed by atoms with Gasteiger partial charge in [0.15, 0.2) is 5.82 Å². The monoisotopic (exact) mass is 490 g/mol. The van der Waals surface area contributed by atoms with Crippen molar-refractivity contribution in [2.24, 2.45) is 0 Å². The Balaban J connectivity index is 1.20.